The third-order valence-electron chi connectivity index (χ3n) is 2.60. The first-order valence-electron chi connectivity index (χ1n) is 7.14. The van der Waals surface area contributed by atoms with Crippen LogP contribution in [0.4, 0.5) is 4.79 Å². The van der Waals surface area contributed by atoms with Gasteiger partial charge in [0.05, 0.1) is 7.11 Å². The molecule has 0 spiro atoms. The third kappa shape index (κ3) is 8.01. The monoisotopic (exact) mass is 392 g/mol. The molecule has 0 aliphatic rings. The number of hydrogen-bond donors (Lipinski definition) is 2. The van der Waals surface area contributed by atoms with Crippen LogP contribution < -0.4 is 10.6 Å². The van der Waals surface area contributed by atoms with Gasteiger partial charge in [0.1, 0.15) is 17.3 Å². The van der Waals surface area contributed by atoms with Crippen molar-refractivity contribution in [3.05, 3.63) is 10.2 Å². The summed E-state index contributed by atoms with van der Waals surface area (Å²) >= 11 is 3.14. The Labute approximate surface area is 145 Å². The fourth-order valence-electron chi connectivity index (χ4n) is 1.55. The molecule has 8 heteroatoms. The molecule has 0 bridgehead atoms. The lowest BCUT2D eigenvalue weighted by Crippen LogP contribution is -2.51. The summed E-state index contributed by atoms with van der Waals surface area (Å²) in [6.45, 7) is 10.3. The Hall–Kier alpha value is -1.57. The molecule has 0 radical (unpaired) electrons. The van der Waals surface area contributed by atoms with Gasteiger partial charge in [-0.05, 0) is 33.6 Å². The average Bonchev–Trinajstić information content (AvgIpc) is 2.38. The number of nitrogens with one attached hydrogen (secondary N) is 2. The highest BCUT2D eigenvalue weighted by atomic mass is 79.9. The largest absolute Gasteiger partial charge is 0.464 e. The molecule has 1 atom stereocenters. The number of ether oxygens (including phenoxy) is 2. The Morgan fingerprint density at radius 1 is 1.13 bits per heavy atom. The van der Waals surface area contributed by atoms with Gasteiger partial charge in [-0.3, -0.25) is 4.79 Å². The number of carbonyl (C=O) groups is 3. The van der Waals surface area contributed by atoms with Crippen molar-refractivity contribution in [2.45, 2.75) is 53.2 Å². The molecule has 23 heavy (non-hydrogen) atoms. The molecule has 0 saturated heterocycles. The number of esters is 1. The van der Waals surface area contributed by atoms with E-state index in [2.05, 4.69) is 31.3 Å². The summed E-state index contributed by atoms with van der Waals surface area (Å²) in [5, 5.41) is 4.98. The van der Waals surface area contributed by atoms with Gasteiger partial charge in [0, 0.05) is 4.48 Å². The van der Waals surface area contributed by atoms with E-state index in [1.165, 1.54) is 7.11 Å². The zero-order valence-electron chi connectivity index (χ0n) is 14.6. The van der Waals surface area contributed by atoms with E-state index in [4.69, 9.17) is 4.74 Å². The number of carbonyl (C=O) groups excluding carboxylic acids is 3. The Bertz CT molecular complexity index is 491. The van der Waals surface area contributed by atoms with E-state index in [1.54, 1.807) is 41.5 Å². The van der Waals surface area contributed by atoms with Crippen molar-refractivity contribution in [2.75, 3.05) is 7.11 Å². The third-order valence-corrected chi connectivity index (χ3v) is 3.00. The second-order valence-corrected chi connectivity index (χ2v) is 7.45. The van der Waals surface area contributed by atoms with Gasteiger partial charge >= 0.3 is 12.1 Å². The number of halogens is 1. The lowest BCUT2D eigenvalue weighted by Gasteiger charge is -2.25. The minimum Gasteiger partial charge on any atom is -0.464 e. The van der Waals surface area contributed by atoms with Gasteiger partial charge in [-0.2, -0.15) is 0 Å². The Morgan fingerprint density at radius 2 is 1.65 bits per heavy atom. The summed E-state index contributed by atoms with van der Waals surface area (Å²) in [6, 6.07) is -0.864. The number of alkyl carbamates (subject to hydrolysis) is 1. The molecular formula is C15H25BrN2O5. The summed E-state index contributed by atoms with van der Waals surface area (Å²) in [6.07, 6.45) is -0.703. The number of rotatable bonds is 5. The summed E-state index contributed by atoms with van der Waals surface area (Å²) in [4.78, 5) is 35.9. The van der Waals surface area contributed by atoms with Gasteiger partial charge in [-0.15, -0.1) is 0 Å². The molecule has 0 rings (SSSR count). The first-order valence-corrected chi connectivity index (χ1v) is 7.93. The van der Waals surface area contributed by atoms with Crippen molar-refractivity contribution in [3.8, 4) is 0 Å². The molecule has 0 aromatic carbocycles. The maximum Gasteiger partial charge on any atom is 0.408 e. The second kappa shape index (κ2) is 8.90. The number of hydrogen-bond acceptors (Lipinski definition) is 5. The van der Waals surface area contributed by atoms with Crippen molar-refractivity contribution in [1.82, 2.24) is 10.6 Å². The van der Waals surface area contributed by atoms with Crippen LogP contribution in [0.25, 0.3) is 0 Å². The molecule has 0 fully saturated rings. The molecule has 0 unspecified atom stereocenters. The van der Waals surface area contributed by atoms with E-state index >= 15 is 0 Å². The average molecular weight is 393 g/mol. The van der Waals surface area contributed by atoms with Crippen LogP contribution in [0.3, 0.4) is 0 Å². The normalized spacial score (nSPS) is 13.8. The predicted molar refractivity (Wildman–Crippen MR) is 89.8 cm³/mol. The van der Waals surface area contributed by atoms with Crippen LogP contribution in [0.2, 0.25) is 0 Å². The fraction of sp³-hybridized carbons (Fsp3) is 0.667. The quantitative estimate of drug-likeness (QED) is 0.553. The van der Waals surface area contributed by atoms with Crippen LogP contribution in [0.15, 0.2) is 10.2 Å². The SMILES string of the molecule is COC(=O)/C(NC(=O)[C@@H](NC(=O)OC(C)(C)C)C(C)C)=C(/C)Br. The standard InChI is InChI=1S/C15H25BrN2O5/c1-8(2)10(18-14(21)23-15(4,5)6)12(19)17-11(9(3)16)13(20)22-7/h8,10H,1-7H3,(H,17,19)(H,18,21)/b11-9+/t10-/m0/s1. The highest BCUT2D eigenvalue weighted by Gasteiger charge is 2.29. The van der Waals surface area contributed by atoms with Gasteiger partial charge < -0.3 is 20.1 Å². The van der Waals surface area contributed by atoms with Crippen molar-refractivity contribution in [1.29, 1.82) is 0 Å². The van der Waals surface area contributed by atoms with E-state index in [1.807, 2.05) is 0 Å². The van der Waals surface area contributed by atoms with Crippen LogP contribution >= 0.6 is 15.9 Å². The molecule has 0 aliphatic heterocycles. The summed E-state index contributed by atoms with van der Waals surface area (Å²) < 4.78 is 10.2. The molecule has 0 aromatic heterocycles. The molecule has 0 aromatic rings. The van der Waals surface area contributed by atoms with E-state index < -0.39 is 29.6 Å². The maximum atomic E-state index is 12.4. The molecule has 7 nitrogen and oxygen atoms in total. The van der Waals surface area contributed by atoms with E-state index in [9.17, 15) is 14.4 Å². The minimum atomic E-state index is -0.864. The van der Waals surface area contributed by atoms with Crippen molar-refractivity contribution < 1.29 is 23.9 Å². The molecule has 0 aliphatic carbocycles. The second-order valence-electron chi connectivity index (χ2n) is 6.26. The fourth-order valence-corrected chi connectivity index (χ4v) is 1.81. The van der Waals surface area contributed by atoms with Crippen molar-refractivity contribution in [2.24, 2.45) is 5.92 Å². The Kier molecular flexibility index (Phi) is 8.30. The summed E-state index contributed by atoms with van der Waals surface area (Å²) in [5.41, 5.74) is -0.694. The number of methoxy groups -OCH3 is 1. The predicted octanol–water partition coefficient (Wildman–Crippen LogP) is 2.45. The zero-order valence-corrected chi connectivity index (χ0v) is 16.2. The van der Waals surface area contributed by atoms with Crippen LogP contribution in [-0.2, 0) is 19.1 Å². The highest BCUT2D eigenvalue weighted by Crippen LogP contribution is 2.12. The van der Waals surface area contributed by atoms with Crippen LogP contribution in [0, 0.1) is 5.92 Å². The van der Waals surface area contributed by atoms with Gasteiger partial charge in [-0.25, -0.2) is 9.59 Å². The van der Waals surface area contributed by atoms with Gasteiger partial charge in [0.2, 0.25) is 5.91 Å². The van der Waals surface area contributed by atoms with Crippen LogP contribution in [0.5, 0.6) is 0 Å². The van der Waals surface area contributed by atoms with Crippen LogP contribution in [-0.4, -0.2) is 36.7 Å². The maximum absolute atomic E-state index is 12.4. The number of allylic oxidation sites excluding steroid dienone is 1. The van der Waals surface area contributed by atoms with E-state index in [0.717, 1.165) is 0 Å². The van der Waals surface area contributed by atoms with Crippen LogP contribution in [0.1, 0.15) is 41.5 Å². The highest BCUT2D eigenvalue weighted by molar-refractivity contribution is 9.11. The summed E-state index contributed by atoms with van der Waals surface area (Å²) in [5.74, 6) is -1.44. The van der Waals surface area contributed by atoms with Crippen molar-refractivity contribution >= 4 is 33.9 Å². The smallest absolute Gasteiger partial charge is 0.408 e. The van der Waals surface area contributed by atoms with E-state index in [0.29, 0.717) is 4.48 Å². The minimum absolute atomic E-state index is 0.0193. The molecule has 0 heterocycles. The zero-order chi connectivity index (χ0) is 18.4. The van der Waals surface area contributed by atoms with Gasteiger partial charge in [-0.1, -0.05) is 29.8 Å². The van der Waals surface area contributed by atoms with E-state index in [-0.39, 0.29) is 11.6 Å². The molecule has 2 amide bonds. The molecule has 0 saturated carbocycles. The molecule has 132 valence electrons. The summed E-state index contributed by atoms with van der Waals surface area (Å²) in [7, 11) is 1.21. The topological polar surface area (TPSA) is 93.7 Å². The first-order chi connectivity index (χ1) is 10.4. The Balaban J connectivity index is 5.11. The Morgan fingerprint density at radius 3 is 2.00 bits per heavy atom. The number of amides is 2. The molecular weight excluding hydrogens is 368 g/mol. The van der Waals surface area contributed by atoms with Crippen molar-refractivity contribution in [3.63, 3.8) is 0 Å². The lowest BCUT2D eigenvalue weighted by molar-refractivity contribution is -0.138. The van der Waals surface area contributed by atoms with Gasteiger partial charge in [0.15, 0.2) is 0 Å². The lowest BCUT2D eigenvalue weighted by atomic mass is 10.0. The van der Waals surface area contributed by atoms with Gasteiger partial charge in [0.25, 0.3) is 0 Å². The first kappa shape index (κ1) is 21.4. The molecule has 2 N–H and O–H groups in total.